The Hall–Kier alpha value is -0.830. The van der Waals surface area contributed by atoms with Crippen molar-refractivity contribution in [1.82, 2.24) is 4.98 Å². The Morgan fingerprint density at radius 3 is 2.55 bits per heavy atom. The van der Waals surface area contributed by atoms with E-state index < -0.39 is 0 Å². The Morgan fingerprint density at radius 1 is 1.36 bits per heavy atom. The number of nitrogens with zero attached hydrogens (tertiary/aromatic N) is 1. The van der Waals surface area contributed by atoms with Gasteiger partial charge in [-0.25, -0.2) is 0 Å². The van der Waals surface area contributed by atoms with E-state index in [1.165, 1.54) is 5.56 Å². The minimum atomic E-state index is 0.0141. The van der Waals surface area contributed by atoms with Gasteiger partial charge in [-0.15, -0.1) is 6.58 Å². The van der Waals surface area contributed by atoms with Crippen LogP contribution in [0.5, 0.6) is 5.75 Å². The number of hydrogen-bond acceptors (Lipinski definition) is 2. The van der Waals surface area contributed by atoms with Crippen molar-refractivity contribution in [1.29, 1.82) is 0 Å². The van der Waals surface area contributed by atoms with Gasteiger partial charge in [0.1, 0.15) is 5.75 Å². The third-order valence-corrected chi connectivity index (χ3v) is 4.94. The standard InChI is InChI=1S/C19H30BrNO/c1-7-11-12-22-18-14(8-2)17(21-13-16(18)20)15(9-3)19(5,6)10-4/h10,13,15H,4,7-9,11-12H2,1-3,5-6H3. The van der Waals surface area contributed by atoms with Crippen molar-refractivity contribution in [3.63, 3.8) is 0 Å². The predicted molar refractivity (Wildman–Crippen MR) is 98.7 cm³/mol. The number of ether oxygens (including phenoxy) is 1. The summed E-state index contributed by atoms with van der Waals surface area (Å²) in [6.07, 6.45) is 8.10. The molecule has 0 aromatic carbocycles. The molecular formula is C19H30BrNO. The van der Waals surface area contributed by atoms with Crippen LogP contribution in [-0.2, 0) is 6.42 Å². The molecule has 1 rings (SSSR count). The number of halogens is 1. The monoisotopic (exact) mass is 367 g/mol. The van der Waals surface area contributed by atoms with Crippen LogP contribution >= 0.6 is 15.9 Å². The fourth-order valence-electron chi connectivity index (χ4n) is 2.85. The third-order valence-electron chi connectivity index (χ3n) is 4.38. The molecule has 1 unspecified atom stereocenters. The Morgan fingerprint density at radius 2 is 2.05 bits per heavy atom. The first-order chi connectivity index (χ1) is 10.4. The predicted octanol–water partition coefficient (Wildman–Crippen LogP) is 6.29. The first kappa shape index (κ1) is 19.2. The maximum absolute atomic E-state index is 6.07. The van der Waals surface area contributed by atoms with E-state index in [2.05, 4.69) is 57.1 Å². The number of rotatable bonds is 9. The molecule has 0 radical (unpaired) electrons. The molecule has 0 aliphatic heterocycles. The van der Waals surface area contributed by atoms with Gasteiger partial charge >= 0.3 is 0 Å². The van der Waals surface area contributed by atoms with Crippen LogP contribution in [0.3, 0.4) is 0 Å². The zero-order valence-corrected chi connectivity index (χ0v) is 16.3. The molecule has 0 saturated heterocycles. The average Bonchev–Trinajstić information content (AvgIpc) is 2.50. The van der Waals surface area contributed by atoms with E-state index >= 15 is 0 Å². The summed E-state index contributed by atoms with van der Waals surface area (Å²) in [5.74, 6) is 1.32. The number of hydrogen-bond donors (Lipinski definition) is 0. The summed E-state index contributed by atoms with van der Waals surface area (Å²) in [5.41, 5.74) is 2.40. The highest BCUT2D eigenvalue weighted by molar-refractivity contribution is 9.10. The average molecular weight is 368 g/mol. The van der Waals surface area contributed by atoms with Crippen molar-refractivity contribution >= 4 is 15.9 Å². The molecule has 0 fully saturated rings. The summed E-state index contributed by atoms with van der Waals surface area (Å²) in [7, 11) is 0. The molecular weight excluding hydrogens is 338 g/mol. The minimum Gasteiger partial charge on any atom is -0.492 e. The molecule has 0 aliphatic rings. The number of unbranched alkanes of at least 4 members (excludes halogenated alkanes) is 1. The van der Waals surface area contributed by atoms with Gasteiger partial charge in [0, 0.05) is 17.7 Å². The van der Waals surface area contributed by atoms with Gasteiger partial charge in [0.05, 0.1) is 16.8 Å². The third kappa shape index (κ3) is 4.34. The highest BCUT2D eigenvalue weighted by atomic mass is 79.9. The number of pyridine rings is 1. The Bertz CT molecular complexity index is 496. The van der Waals surface area contributed by atoms with Crippen molar-refractivity contribution in [2.24, 2.45) is 5.41 Å². The molecule has 1 atom stereocenters. The highest BCUT2D eigenvalue weighted by Crippen LogP contribution is 2.43. The molecule has 22 heavy (non-hydrogen) atoms. The van der Waals surface area contributed by atoms with Crippen LogP contribution in [-0.4, -0.2) is 11.6 Å². The molecule has 1 aromatic rings. The van der Waals surface area contributed by atoms with E-state index in [0.29, 0.717) is 5.92 Å². The van der Waals surface area contributed by atoms with Crippen molar-refractivity contribution < 1.29 is 4.74 Å². The summed E-state index contributed by atoms with van der Waals surface area (Å²) >= 11 is 3.61. The van der Waals surface area contributed by atoms with Gasteiger partial charge in [-0.05, 0) is 40.6 Å². The van der Waals surface area contributed by atoms with Crippen LogP contribution in [0.15, 0.2) is 23.3 Å². The lowest BCUT2D eigenvalue weighted by Crippen LogP contribution is -2.22. The van der Waals surface area contributed by atoms with E-state index in [-0.39, 0.29) is 5.41 Å². The second kappa shape index (κ2) is 8.71. The van der Waals surface area contributed by atoms with Gasteiger partial charge < -0.3 is 4.74 Å². The van der Waals surface area contributed by atoms with Crippen molar-refractivity contribution in [3.8, 4) is 5.75 Å². The second-order valence-corrected chi connectivity index (χ2v) is 7.20. The molecule has 0 saturated carbocycles. The summed E-state index contributed by atoms with van der Waals surface area (Å²) in [6, 6.07) is 0. The first-order valence-electron chi connectivity index (χ1n) is 8.36. The van der Waals surface area contributed by atoms with Gasteiger partial charge in [0.25, 0.3) is 0 Å². The fourth-order valence-corrected chi connectivity index (χ4v) is 3.31. The Kier molecular flexibility index (Phi) is 7.61. The van der Waals surface area contributed by atoms with Gasteiger partial charge in [0.2, 0.25) is 0 Å². The molecule has 0 amide bonds. The van der Waals surface area contributed by atoms with E-state index in [9.17, 15) is 0 Å². The normalized spacial score (nSPS) is 13.0. The second-order valence-electron chi connectivity index (χ2n) is 6.34. The molecule has 3 heteroatoms. The SMILES string of the molecule is C=CC(C)(C)C(CC)c1ncc(Br)c(OCCCC)c1CC. The van der Waals surface area contributed by atoms with Crippen LogP contribution in [0.1, 0.15) is 71.1 Å². The molecule has 0 bridgehead atoms. The Labute approximate surface area is 144 Å². The summed E-state index contributed by atoms with van der Waals surface area (Å²) in [4.78, 5) is 4.75. The van der Waals surface area contributed by atoms with Crippen LogP contribution in [0.4, 0.5) is 0 Å². The van der Waals surface area contributed by atoms with Crippen LogP contribution in [0, 0.1) is 5.41 Å². The lowest BCUT2D eigenvalue weighted by atomic mass is 9.74. The Balaban J connectivity index is 3.30. The van der Waals surface area contributed by atoms with Crippen LogP contribution in [0.25, 0.3) is 0 Å². The molecule has 0 spiro atoms. The molecule has 124 valence electrons. The maximum atomic E-state index is 6.07. The topological polar surface area (TPSA) is 22.1 Å². The largest absolute Gasteiger partial charge is 0.492 e. The van der Waals surface area contributed by atoms with Gasteiger partial charge in [-0.3, -0.25) is 4.98 Å². The zero-order chi connectivity index (χ0) is 16.8. The smallest absolute Gasteiger partial charge is 0.140 e. The summed E-state index contributed by atoms with van der Waals surface area (Å²) in [5, 5.41) is 0. The van der Waals surface area contributed by atoms with Crippen LogP contribution < -0.4 is 4.74 Å². The van der Waals surface area contributed by atoms with E-state index in [1.807, 2.05) is 12.3 Å². The van der Waals surface area contributed by atoms with Gasteiger partial charge in [-0.1, -0.05) is 47.1 Å². The highest BCUT2D eigenvalue weighted by Gasteiger charge is 2.30. The van der Waals surface area contributed by atoms with Crippen LogP contribution in [0.2, 0.25) is 0 Å². The van der Waals surface area contributed by atoms with Crippen molar-refractivity contribution in [2.75, 3.05) is 6.61 Å². The fraction of sp³-hybridized carbons (Fsp3) is 0.632. The van der Waals surface area contributed by atoms with Crippen molar-refractivity contribution in [2.45, 2.75) is 66.2 Å². The number of aromatic nitrogens is 1. The molecule has 2 nitrogen and oxygen atoms in total. The maximum Gasteiger partial charge on any atom is 0.140 e. The lowest BCUT2D eigenvalue weighted by Gasteiger charge is -2.32. The molecule has 0 N–H and O–H groups in total. The quantitative estimate of drug-likeness (QED) is 0.377. The van der Waals surface area contributed by atoms with E-state index in [1.54, 1.807) is 0 Å². The molecule has 1 aromatic heterocycles. The van der Waals surface area contributed by atoms with Gasteiger partial charge in [-0.2, -0.15) is 0 Å². The molecule has 1 heterocycles. The minimum absolute atomic E-state index is 0.0141. The first-order valence-corrected chi connectivity index (χ1v) is 9.15. The zero-order valence-electron chi connectivity index (χ0n) is 14.7. The van der Waals surface area contributed by atoms with E-state index in [0.717, 1.165) is 48.2 Å². The van der Waals surface area contributed by atoms with Crippen molar-refractivity contribution in [3.05, 3.63) is 34.6 Å². The van der Waals surface area contributed by atoms with Gasteiger partial charge in [0.15, 0.2) is 0 Å². The lowest BCUT2D eigenvalue weighted by molar-refractivity contribution is 0.300. The molecule has 0 aliphatic carbocycles. The summed E-state index contributed by atoms with van der Waals surface area (Å²) in [6.45, 7) is 15.8. The number of allylic oxidation sites excluding steroid dienone is 1. The summed E-state index contributed by atoms with van der Waals surface area (Å²) < 4.78 is 7.02. The van der Waals surface area contributed by atoms with E-state index in [4.69, 9.17) is 9.72 Å².